The van der Waals surface area contributed by atoms with Crippen LogP contribution >= 0.6 is 15.6 Å². The fourth-order valence-electron chi connectivity index (χ4n) is 10.3. The Morgan fingerprint density at radius 2 is 0.491 bits per heavy atom. The molecule has 5 atom stereocenters. The summed E-state index contributed by atoms with van der Waals surface area (Å²) in [7, 11) is -10.0. The first kappa shape index (κ1) is 104. The van der Waals surface area contributed by atoms with Crippen LogP contribution in [0.5, 0.6) is 0 Å². The third-order valence-electron chi connectivity index (χ3n) is 16.6. The second kappa shape index (κ2) is 80.9. The molecule has 2 unspecified atom stereocenters. The van der Waals surface area contributed by atoms with Crippen molar-refractivity contribution in [3.05, 3.63) is 194 Å². The number of allylic oxidation sites excluding steroid dienone is 32. The lowest BCUT2D eigenvalue weighted by Crippen LogP contribution is -2.30. The number of aliphatic hydroxyl groups is 1. The molecule has 622 valence electrons. The molecule has 19 heteroatoms. The number of phosphoric acid groups is 2. The smallest absolute Gasteiger partial charge is 0.462 e. The van der Waals surface area contributed by atoms with Crippen LogP contribution in [0.15, 0.2) is 194 Å². The van der Waals surface area contributed by atoms with Crippen LogP contribution in [-0.4, -0.2) is 96.7 Å². The standard InChI is InChI=1S/C91H146O17P2/c1-5-9-13-17-21-25-29-33-36-39-42-45-48-52-56-60-64-68-72-76-89(94)102-82-87(108-91(96)78-74-70-66-62-58-54-50-47-44-41-38-35-31-27-23-19-15-11-7-3)84-106-110(99,100)104-80-85(92)79-103-109(97,98)105-83-86(81-101-88(93)75-71-67-63-59-55-51-32-28-24-20-16-12-8-4)107-90(95)77-73-69-65-61-57-53-49-46-43-40-37-34-30-26-22-18-14-10-6-2/h9,11,13,15,21-23,25-27,33-38,42-47,52-54,56-58,65-66,69-70,85-87,92H,5-8,10,12,14,16-20,24,28-32,39-41,48-51,55,59-64,67-68,71-84H2,1-4H3,(H,97,98)(H,99,100)/b13-9-,15-11-,25-21-,26-22-,27-23-,36-33-,37-34-,38-35-,45-42-,46-43-,47-44-,56-52-,57-53-,58-54-,69-65-,70-66-/t85-,86+,87+/m0/s1. The molecule has 0 amide bonds. The van der Waals surface area contributed by atoms with Gasteiger partial charge in [0, 0.05) is 25.7 Å². The highest BCUT2D eigenvalue weighted by molar-refractivity contribution is 7.47. The van der Waals surface area contributed by atoms with Crippen molar-refractivity contribution in [2.24, 2.45) is 0 Å². The number of aliphatic hydroxyl groups excluding tert-OH is 1. The number of ether oxygens (including phenoxy) is 4. The van der Waals surface area contributed by atoms with Crippen LogP contribution in [0, 0.1) is 0 Å². The first-order valence-electron chi connectivity index (χ1n) is 41.7. The average Bonchev–Trinajstić information content (AvgIpc) is 0.905. The lowest BCUT2D eigenvalue weighted by atomic mass is 10.0. The molecule has 0 bridgehead atoms. The van der Waals surface area contributed by atoms with Gasteiger partial charge in [-0.25, -0.2) is 9.13 Å². The molecule has 0 aliphatic rings. The highest BCUT2D eigenvalue weighted by atomic mass is 31.2. The van der Waals surface area contributed by atoms with Gasteiger partial charge in [-0.1, -0.05) is 318 Å². The second-order valence-electron chi connectivity index (χ2n) is 27.0. The molecule has 3 N–H and O–H groups in total. The summed E-state index contributed by atoms with van der Waals surface area (Å²) in [6.07, 6.45) is 100. The van der Waals surface area contributed by atoms with E-state index in [2.05, 4.69) is 186 Å². The summed E-state index contributed by atoms with van der Waals surface area (Å²) in [5, 5.41) is 10.7. The molecule has 110 heavy (non-hydrogen) atoms. The summed E-state index contributed by atoms with van der Waals surface area (Å²) < 4.78 is 68.5. The predicted octanol–water partition coefficient (Wildman–Crippen LogP) is 24.9. The summed E-state index contributed by atoms with van der Waals surface area (Å²) in [5.41, 5.74) is 0. The molecule has 0 saturated heterocycles. The summed E-state index contributed by atoms with van der Waals surface area (Å²) in [6, 6.07) is 0. The molecule has 17 nitrogen and oxygen atoms in total. The Kier molecular flexibility index (Phi) is 76.4. The molecule has 0 fully saturated rings. The maximum Gasteiger partial charge on any atom is 0.472 e. The molecular formula is C91H146O17P2. The van der Waals surface area contributed by atoms with Gasteiger partial charge >= 0.3 is 39.5 Å². The van der Waals surface area contributed by atoms with Gasteiger partial charge in [-0.3, -0.25) is 37.3 Å². The zero-order chi connectivity index (χ0) is 80.3. The van der Waals surface area contributed by atoms with Crippen LogP contribution in [-0.2, 0) is 65.4 Å². The highest BCUT2D eigenvalue weighted by Gasteiger charge is 2.30. The van der Waals surface area contributed by atoms with Gasteiger partial charge in [0.2, 0.25) is 0 Å². The van der Waals surface area contributed by atoms with Crippen molar-refractivity contribution in [3.8, 4) is 0 Å². The second-order valence-corrected chi connectivity index (χ2v) is 29.9. The third kappa shape index (κ3) is 80.0. The maximum absolute atomic E-state index is 13.1. The van der Waals surface area contributed by atoms with Gasteiger partial charge in [0.05, 0.1) is 26.4 Å². The minimum Gasteiger partial charge on any atom is -0.462 e. The van der Waals surface area contributed by atoms with Crippen molar-refractivity contribution in [2.75, 3.05) is 39.6 Å². The summed E-state index contributed by atoms with van der Waals surface area (Å²) in [5.74, 6) is -2.42. The summed E-state index contributed by atoms with van der Waals surface area (Å²) in [4.78, 5) is 73.1. The van der Waals surface area contributed by atoms with Gasteiger partial charge in [0.15, 0.2) is 12.2 Å². The van der Waals surface area contributed by atoms with Gasteiger partial charge < -0.3 is 33.8 Å². The molecule has 0 rings (SSSR count). The molecule has 0 aliphatic carbocycles. The van der Waals surface area contributed by atoms with Gasteiger partial charge in [-0.05, 0) is 148 Å². The maximum atomic E-state index is 13.1. The zero-order valence-corrected chi connectivity index (χ0v) is 69.9. The number of rotatable bonds is 76. The topological polar surface area (TPSA) is 237 Å². The van der Waals surface area contributed by atoms with E-state index in [-0.39, 0.29) is 25.7 Å². The van der Waals surface area contributed by atoms with Crippen molar-refractivity contribution in [2.45, 2.75) is 316 Å². The van der Waals surface area contributed by atoms with Crippen LogP contribution in [0.25, 0.3) is 0 Å². The van der Waals surface area contributed by atoms with E-state index in [9.17, 15) is 43.2 Å². The van der Waals surface area contributed by atoms with Crippen molar-refractivity contribution >= 4 is 39.5 Å². The van der Waals surface area contributed by atoms with Gasteiger partial charge in [0.25, 0.3) is 0 Å². The number of unbranched alkanes of at least 4 members (excludes halogenated alkanes) is 18. The van der Waals surface area contributed by atoms with E-state index in [1.807, 2.05) is 36.5 Å². The van der Waals surface area contributed by atoms with Crippen LogP contribution in [0.2, 0.25) is 0 Å². The number of hydrogen-bond donors (Lipinski definition) is 3. The lowest BCUT2D eigenvalue weighted by Gasteiger charge is -2.21. The Morgan fingerprint density at radius 3 is 0.782 bits per heavy atom. The molecular weight excluding hydrogens is 1430 g/mol. The molecule has 0 aliphatic heterocycles. The number of esters is 4. The fourth-order valence-corrected chi connectivity index (χ4v) is 11.9. The fraction of sp³-hybridized carbons (Fsp3) is 0.604. The SMILES string of the molecule is CC/C=C\C/C=C\C/C=C\C/C=C\C/C=C\C/C=C\CCC(=O)O[C@H](COC(=O)CCCCC/C=C\C/C=C\C/C=C\C/C=C\C/C=C\CC)COP(=O)(O)OC[C@@H](O)COP(=O)(O)OC[C@@H](COC(=O)CCCCCCCCCCCCCCC)OC(=O)CC/C=C\C/C=C\C/C=C\C/C=C\C/C=C\CCCCC. The Morgan fingerprint density at radius 1 is 0.264 bits per heavy atom. The number of carbonyl (C=O) groups is 4. The average molecular weight is 1570 g/mol. The van der Waals surface area contributed by atoms with E-state index >= 15 is 0 Å². The Balaban J connectivity index is 5.56. The van der Waals surface area contributed by atoms with Crippen molar-refractivity contribution in [3.63, 3.8) is 0 Å². The van der Waals surface area contributed by atoms with Crippen LogP contribution in [0.3, 0.4) is 0 Å². The van der Waals surface area contributed by atoms with Crippen LogP contribution in [0.1, 0.15) is 297 Å². The van der Waals surface area contributed by atoms with Crippen LogP contribution < -0.4 is 0 Å². The third-order valence-corrected chi connectivity index (χ3v) is 18.5. The minimum absolute atomic E-state index is 0.0360. The van der Waals surface area contributed by atoms with Gasteiger partial charge in [-0.15, -0.1) is 0 Å². The predicted molar refractivity (Wildman–Crippen MR) is 454 cm³/mol. The largest absolute Gasteiger partial charge is 0.472 e. The van der Waals surface area contributed by atoms with E-state index in [1.165, 1.54) is 70.6 Å². The molecule has 0 aromatic rings. The van der Waals surface area contributed by atoms with Gasteiger partial charge in [0.1, 0.15) is 19.3 Å². The Hall–Kier alpha value is -6.10. The molecule has 0 spiro atoms. The van der Waals surface area contributed by atoms with E-state index in [0.29, 0.717) is 38.5 Å². The van der Waals surface area contributed by atoms with E-state index in [4.69, 9.17) is 37.0 Å². The zero-order valence-electron chi connectivity index (χ0n) is 68.1. The quantitative estimate of drug-likeness (QED) is 0.0169. The van der Waals surface area contributed by atoms with Crippen molar-refractivity contribution in [1.82, 2.24) is 0 Å². The van der Waals surface area contributed by atoms with E-state index in [0.717, 1.165) is 135 Å². The summed E-state index contributed by atoms with van der Waals surface area (Å²) >= 11 is 0. The molecule has 0 heterocycles. The first-order valence-corrected chi connectivity index (χ1v) is 44.7. The molecule has 0 aromatic carbocycles. The normalized spacial score (nSPS) is 14.8. The minimum atomic E-state index is -5.02. The van der Waals surface area contributed by atoms with Crippen molar-refractivity contribution in [1.29, 1.82) is 0 Å². The number of phosphoric ester groups is 2. The van der Waals surface area contributed by atoms with Crippen LogP contribution in [0.4, 0.5) is 0 Å². The lowest BCUT2D eigenvalue weighted by molar-refractivity contribution is -0.161. The van der Waals surface area contributed by atoms with Gasteiger partial charge in [-0.2, -0.15) is 0 Å². The first-order chi connectivity index (χ1) is 53.7. The van der Waals surface area contributed by atoms with Crippen molar-refractivity contribution < 1.29 is 80.2 Å². The Bertz CT molecular complexity index is 2850. The molecule has 0 radical (unpaired) electrons. The number of hydrogen-bond acceptors (Lipinski definition) is 15. The highest BCUT2D eigenvalue weighted by Crippen LogP contribution is 2.45. The molecule has 0 saturated carbocycles. The van der Waals surface area contributed by atoms with E-state index < -0.39 is 97.5 Å². The monoisotopic (exact) mass is 1570 g/mol. The Labute approximate surface area is 666 Å². The summed E-state index contributed by atoms with van der Waals surface area (Å²) in [6.45, 7) is 4.40. The van der Waals surface area contributed by atoms with E-state index in [1.54, 1.807) is 0 Å². The number of carbonyl (C=O) groups excluding carboxylic acids is 4. The molecule has 0 aromatic heterocycles.